The Bertz CT molecular complexity index is 671. The van der Waals surface area contributed by atoms with E-state index < -0.39 is 0 Å². The number of carbonyl (C=O) groups is 1. The third-order valence-corrected chi connectivity index (χ3v) is 4.69. The second-order valence-electron chi connectivity index (χ2n) is 5.32. The molecule has 2 heterocycles. The van der Waals surface area contributed by atoms with Crippen LogP contribution in [0, 0.1) is 0 Å². The molecule has 1 aromatic heterocycles. The number of benzene rings is 1. The maximum Gasteiger partial charge on any atom is 0.320 e. The number of hydrogen-bond donors (Lipinski definition) is 2. The lowest BCUT2D eigenvalue weighted by Gasteiger charge is -2.20. The Balaban J connectivity index is 1.63. The van der Waals surface area contributed by atoms with Crippen LogP contribution in [0.4, 0.5) is 9.80 Å². The van der Waals surface area contributed by atoms with Crippen molar-refractivity contribution in [2.45, 2.75) is 32.2 Å². The molecule has 0 radical (unpaired) electrons. The number of thiazole rings is 1. The summed E-state index contributed by atoms with van der Waals surface area (Å²) in [4.78, 5) is 16.4. The number of urea groups is 1. The molecule has 0 bridgehead atoms. The van der Waals surface area contributed by atoms with Crippen LogP contribution in [0.2, 0.25) is 0 Å². The second-order valence-corrected chi connectivity index (χ2v) is 6.18. The molecule has 116 valence electrons. The largest absolute Gasteiger partial charge is 0.493 e. The van der Waals surface area contributed by atoms with Gasteiger partial charge in [0.15, 0.2) is 0 Å². The minimum Gasteiger partial charge on any atom is -0.493 e. The lowest BCUT2D eigenvalue weighted by atomic mass is 9.94. The summed E-state index contributed by atoms with van der Waals surface area (Å²) in [6, 6.07) is 7.77. The van der Waals surface area contributed by atoms with Crippen molar-refractivity contribution in [3.05, 3.63) is 41.0 Å². The van der Waals surface area contributed by atoms with Gasteiger partial charge in [-0.1, -0.05) is 25.1 Å². The van der Waals surface area contributed by atoms with E-state index in [1.165, 1.54) is 11.3 Å². The van der Waals surface area contributed by atoms with Crippen molar-refractivity contribution in [1.29, 1.82) is 0 Å². The molecule has 0 spiro atoms. The van der Waals surface area contributed by atoms with Crippen molar-refractivity contribution in [2.75, 3.05) is 11.9 Å². The van der Waals surface area contributed by atoms with Gasteiger partial charge in [-0.15, -0.1) is 11.3 Å². The third-order valence-electron chi connectivity index (χ3n) is 3.90. The molecule has 22 heavy (non-hydrogen) atoms. The zero-order valence-electron chi connectivity index (χ0n) is 12.6. The summed E-state index contributed by atoms with van der Waals surface area (Å²) in [5.74, 6) is 1.09. The number of aryl methyl sites for hydroxylation is 1. The Kier molecular flexibility index (Phi) is 4.29. The molecule has 6 heteroatoms. The van der Waals surface area contributed by atoms with Crippen molar-refractivity contribution < 1.29 is 9.53 Å². The number of rotatable bonds is 4. The number of ether oxygens (including phenoxy) is 1. The summed E-state index contributed by atoms with van der Waals surface area (Å²) < 4.78 is 5.68. The molecule has 0 aliphatic carbocycles. The fraction of sp³-hybridized carbons (Fsp3) is 0.375. The predicted octanol–water partition coefficient (Wildman–Crippen LogP) is 3.39. The molecule has 2 unspecified atom stereocenters. The number of carbonyl (C=O) groups excluding carboxylic acids is 1. The number of amides is 2. The molecule has 2 N–H and O–H groups in total. The van der Waals surface area contributed by atoms with Gasteiger partial charge in [-0.05, 0) is 19.4 Å². The lowest BCUT2D eigenvalue weighted by Crippen LogP contribution is -2.40. The standard InChI is InChI=1S/C16H19N3O2S/c1-3-13-15(22-9-17-13)19-16(20)18-10(2)12-8-21-14-7-5-4-6-11(12)14/h4-7,9-10,12H,3,8H2,1-2H3,(H2,18,19,20). The first-order valence-corrected chi connectivity index (χ1v) is 8.28. The van der Waals surface area contributed by atoms with Crippen LogP contribution in [0.25, 0.3) is 0 Å². The van der Waals surface area contributed by atoms with Crippen LogP contribution >= 0.6 is 11.3 Å². The first kappa shape index (κ1) is 14.8. The van der Waals surface area contributed by atoms with E-state index in [2.05, 4.69) is 21.7 Å². The van der Waals surface area contributed by atoms with E-state index in [-0.39, 0.29) is 18.0 Å². The smallest absolute Gasteiger partial charge is 0.320 e. The van der Waals surface area contributed by atoms with E-state index in [4.69, 9.17) is 4.74 Å². The molecule has 3 rings (SSSR count). The number of para-hydroxylation sites is 1. The first-order valence-electron chi connectivity index (χ1n) is 7.40. The summed E-state index contributed by atoms with van der Waals surface area (Å²) >= 11 is 1.44. The first-order chi connectivity index (χ1) is 10.7. The molecular weight excluding hydrogens is 298 g/mol. The molecule has 0 fully saturated rings. The van der Waals surface area contributed by atoms with Gasteiger partial charge in [0.05, 0.1) is 17.8 Å². The van der Waals surface area contributed by atoms with E-state index in [0.29, 0.717) is 6.61 Å². The number of nitrogens with one attached hydrogen (secondary N) is 2. The SMILES string of the molecule is CCc1ncsc1NC(=O)NC(C)C1COc2ccccc21. The zero-order valence-corrected chi connectivity index (χ0v) is 13.4. The Morgan fingerprint density at radius 3 is 3.14 bits per heavy atom. The molecule has 0 saturated carbocycles. The average molecular weight is 317 g/mol. The van der Waals surface area contributed by atoms with Crippen LogP contribution in [0.5, 0.6) is 5.75 Å². The molecule has 2 amide bonds. The monoisotopic (exact) mass is 317 g/mol. The molecular formula is C16H19N3O2S. The van der Waals surface area contributed by atoms with Crippen molar-refractivity contribution in [2.24, 2.45) is 0 Å². The zero-order chi connectivity index (χ0) is 15.5. The van der Waals surface area contributed by atoms with Gasteiger partial charge in [-0.3, -0.25) is 5.32 Å². The van der Waals surface area contributed by atoms with E-state index >= 15 is 0 Å². The van der Waals surface area contributed by atoms with Gasteiger partial charge in [0.25, 0.3) is 0 Å². The van der Waals surface area contributed by atoms with E-state index in [1.807, 2.05) is 32.0 Å². The second kappa shape index (κ2) is 6.36. The molecule has 2 atom stereocenters. The van der Waals surface area contributed by atoms with Crippen molar-refractivity contribution >= 4 is 22.4 Å². The van der Waals surface area contributed by atoms with Crippen molar-refractivity contribution in [3.8, 4) is 5.75 Å². The van der Waals surface area contributed by atoms with Gasteiger partial charge in [0.2, 0.25) is 0 Å². The number of anilines is 1. The molecule has 0 saturated heterocycles. The normalized spacial score (nSPS) is 17.5. The molecule has 1 aromatic carbocycles. The number of hydrogen-bond acceptors (Lipinski definition) is 4. The average Bonchev–Trinajstić information content (AvgIpc) is 3.13. The fourth-order valence-electron chi connectivity index (χ4n) is 2.67. The van der Waals surface area contributed by atoms with Crippen molar-refractivity contribution in [3.63, 3.8) is 0 Å². The van der Waals surface area contributed by atoms with Crippen LogP contribution < -0.4 is 15.4 Å². The minimum absolute atomic E-state index is 0.0124. The lowest BCUT2D eigenvalue weighted by molar-refractivity contribution is 0.244. The molecule has 1 aliphatic heterocycles. The van der Waals surface area contributed by atoms with Gasteiger partial charge >= 0.3 is 6.03 Å². The summed E-state index contributed by atoms with van der Waals surface area (Å²) in [6.45, 7) is 4.62. The van der Waals surface area contributed by atoms with Crippen molar-refractivity contribution in [1.82, 2.24) is 10.3 Å². The van der Waals surface area contributed by atoms with E-state index in [0.717, 1.165) is 28.4 Å². The number of aromatic nitrogens is 1. The van der Waals surface area contributed by atoms with Gasteiger partial charge in [-0.2, -0.15) is 0 Å². The van der Waals surface area contributed by atoms with Crippen LogP contribution in [0.3, 0.4) is 0 Å². The Morgan fingerprint density at radius 1 is 1.50 bits per heavy atom. The highest BCUT2D eigenvalue weighted by atomic mass is 32.1. The molecule has 5 nitrogen and oxygen atoms in total. The predicted molar refractivity (Wildman–Crippen MR) is 87.8 cm³/mol. The molecule has 2 aromatic rings. The van der Waals surface area contributed by atoms with Gasteiger partial charge in [0.1, 0.15) is 10.8 Å². The fourth-order valence-corrected chi connectivity index (χ4v) is 3.44. The maximum atomic E-state index is 12.2. The molecule has 1 aliphatic rings. The topological polar surface area (TPSA) is 63.2 Å². The highest BCUT2D eigenvalue weighted by Gasteiger charge is 2.29. The quantitative estimate of drug-likeness (QED) is 0.908. The van der Waals surface area contributed by atoms with Crippen LogP contribution in [0.15, 0.2) is 29.8 Å². The summed E-state index contributed by atoms with van der Waals surface area (Å²) in [5, 5.41) is 6.70. The van der Waals surface area contributed by atoms with Crippen LogP contribution in [-0.4, -0.2) is 23.7 Å². The van der Waals surface area contributed by atoms with E-state index in [9.17, 15) is 4.79 Å². The Labute approximate surface area is 133 Å². The van der Waals surface area contributed by atoms with Gasteiger partial charge in [-0.25, -0.2) is 9.78 Å². The summed E-state index contributed by atoms with van der Waals surface area (Å²) in [5.41, 5.74) is 3.82. The summed E-state index contributed by atoms with van der Waals surface area (Å²) in [6.07, 6.45) is 0.804. The maximum absolute atomic E-state index is 12.2. The number of fused-ring (bicyclic) bond motifs is 1. The highest BCUT2D eigenvalue weighted by molar-refractivity contribution is 7.14. The van der Waals surface area contributed by atoms with Gasteiger partial charge in [0, 0.05) is 17.5 Å². The highest BCUT2D eigenvalue weighted by Crippen LogP contribution is 2.35. The van der Waals surface area contributed by atoms with Gasteiger partial charge < -0.3 is 10.1 Å². The minimum atomic E-state index is -0.198. The van der Waals surface area contributed by atoms with Crippen LogP contribution in [-0.2, 0) is 6.42 Å². The van der Waals surface area contributed by atoms with E-state index in [1.54, 1.807) is 5.51 Å². The number of nitrogens with zero attached hydrogens (tertiary/aromatic N) is 1. The van der Waals surface area contributed by atoms with Crippen LogP contribution in [0.1, 0.15) is 31.0 Å². The third kappa shape index (κ3) is 2.92. The Morgan fingerprint density at radius 2 is 2.32 bits per heavy atom. The summed E-state index contributed by atoms with van der Waals surface area (Å²) in [7, 11) is 0. The Hall–Kier alpha value is -2.08.